The molecule has 0 N–H and O–H groups in total. The molecule has 2 atom stereocenters. The Labute approximate surface area is 318 Å². The number of aromatic nitrogens is 8. The van der Waals surface area contributed by atoms with Crippen LogP contribution in [0.4, 0.5) is 0 Å². The number of fused-ring (bicyclic) bond motifs is 2. The van der Waals surface area contributed by atoms with Crippen molar-refractivity contribution in [2.75, 3.05) is 14.2 Å². The van der Waals surface area contributed by atoms with E-state index in [-0.39, 0.29) is 0 Å². The van der Waals surface area contributed by atoms with Crippen molar-refractivity contribution in [3.63, 3.8) is 0 Å². The predicted molar refractivity (Wildman–Crippen MR) is 211 cm³/mol. The van der Waals surface area contributed by atoms with Gasteiger partial charge in [-0.05, 0) is 86.6 Å². The van der Waals surface area contributed by atoms with E-state index >= 15 is 0 Å². The first-order valence-electron chi connectivity index (χ1n) is 17.1. The number of nitrogens with zero attached hydrogens (tertiary/aromatic N) is 8. The Morgan fingerprint density at radius 2 is 1.06 bits per heavy atom. The van der Waals surface area contributed by atoms with Gasteiger partial charge in [0.1, 0.15) is 11.5 Å². The monoisotopic (exact) mass is 760 g/mol. The van der Waals surface area contributed by atoms with Crippen LogP contribution in [0.5, 0.6) is 11.5 Å². The van der Waals surface area contributed by atoms with Crippen molar-refractivity contribution in [2.45, 2.75) is 35.7 Å². The van der Waals surface area contributed by atoms with Gasteiger partial charge in [0, 0.05) is 73.8 Å². The summed E-state index contributed by atoms with van der Waals surface area (Å²) in [4.78, 5) is 18.0. The van der Waals surface area contributed by atoms with Crippen molar-refractivity contribution in [1.29, 1.82) is 0 Å². The molecule has 14 heteroatoms. The van der Waals surface area contributed by atoms with Crippen LogP contribution in [0.2, 0.25) is 0 Å². The van der Waals surface area contributed by atoms with Crippen LogP contribution in [0.1, 0.15) is 22.5 Å². The van der Waals surface area contributed by atoms with Crippen LogP contribution >= 0.6 is 0 Å². The highest BCUT2D eigenvalue weighted by Crippen LogP contribution is 2.26. The summed E-state index contributed by atoms with van der Waals surface area (Å²) in [5, 5.41) is 1.08. The molecule has 0 bridgehead atoms. The molecule has 6 aromatic heterocycles. The number of aryl methyl sites for hydroxylation is 2. The molecule has 0 saturated heterocycles. The number of ether oxygens (including phenoxy) is 2. The Morgan fingerprint density at radius 3 is 1.57 bits per heavy atom. The Kier molecular flexibility index (Phi) is 10.6. The van der Waals surface area contributed by atoms with Crippen LogP contribution in [-0.2, 0) is 47.2 Å². The molecule has 0 radical (unpaired) electrons. The van der Waals surface area contributed by atoms with E-state index in [1.165, 1.54) is 0 Å². The summed E-state index contributed by atoms with van der Waals surface area (Å²) in [6.07, 6.45) is 11.3. The molecular weight excluding hydrogens is 721 g/mol. The molecule has 276 valence electrons. The summed E-state index contributed by atoms with van der Waals surface area (Å²) in [5.74, 6) is 2.09. The van der Waals surface area contributed by atoms with E-state index in [9.17, 15) is 8.42 Å². The maximum atomic E-state index is 13.0. The van der Waals surface area contributed by atoms with Gasteiger partial charge in [-0.3, -0.25) is 18.4 Å². The van der Waals surface area contributed by atoms with E-state index in [4.69, 9.17) is 9.47 Å². The topological polar surface area (TPSA) is 124 Å². The molecule has 2 unspecified atom stereocenters. The third-order valence-corrected chi connectivity index (χ3v) is 12.0. The summed E-state index contributed by atoms with van der Waals surface area (Å²) in [6, 6.07) is 23.6. The number of pyridine rings is 2. The lowest BCUT2D eigenvalue weighted by Crippen LogP contribution is -2.07. The minimum atomic E-state index is -1.32. The first kappa shape index (κ1) is 36.5. The number of methoxy groups -OCH3 is 2. The summed E-state index contributed by atoms with van der Waals surface area (Å²) in [5.41, 5.74) is 8.93. The lowest BCUT2D eigenvalue weighted by atomic mass is 10.2. The van der Waals surface area contributed by atoms with Crippen LogP contribution in [-0.4, -0.2) is 60.8 Å². The molecule has 8 aromatic rings. The maximum Gasteiger partial charge on any atom is 0.200 e. The second-order valence-corrected chi connectivity index (χ2v) is 15.3. The Morgan fingerprint density at radius 1 is 0.593 bits per heavy atom. The molecule has 0 amide bonds. The molecule has 0 spiro atoms. The average Bonchev–Trinajstić information content (AvgIpc) is 4.02. The van der Waals surface area contributed by atoms with Crippen molar-refractivity contribution < 1.29 is 17.9 Å². The number of benzene rings is 2. The van der Waals surface area contributed by atoms with E-state index < -0.39 is 21.6 Å². The summed E-state index contributed by atoms with van der Waals surface area (Å²) >= 11 is 0. The number of imidazole rings is 2. The highest BCUT2D eigenvalue weighted by atomic mass is 32.2. The predicted octanol–water partition coefficient (Wildman–Crippen LogP) is 6.77. The van der Waals surface area contributed by atoms with Gasteiger partial charge >= 0.3 is 0 Å². The van der Waals surface area contributed by atoms with Gasteiger partial charge < -0.3 is 27.7 Å². The Hall–Kier alpha value is -5.86. The van der Waals surface area contributed by atoms with E-state index in [0.29, 0.717) is 21.8 Å². The van der Waals surface area contributed by atoms with Gasteiger partial charge in [0.25, 0.3) is 0 Å². The molecule has 54 heavy (non-hydrogen) atoms. The quantitative estimate of drug-likeness (QED) is 0.150. The highest BCUT2D eigenvalue weighted by Gasteiger charge is 2.19. The lowest BCUT2D eigenvalue weighted by Gasteiger charge is -2.09. The van der Waals surface area contributed by atoms with Gasteiger partial charge in [-0.25, -0.2) is 9.97 Å². The Balaban J connectivity index is 0.000000167. The maximum absolute atomic E-state index is 13.0. The molecule has 0 aliphatic carbocycles. The van der Waals surface area contributed by atoms with Gasteiger partial charge in [0.15, 0.2) is 10.3 Å². The summed E-state index contributed by atoms with van der Waals surface area (Å²) in [7, 11) is 4.40. The Bertz CT molecular complexity index is 2560. The van der Waals surface area contributed by atoms with Crippen LogP contribution in [0.15, 0.2) is 120 Å². The van der Waals surface area contributed by atoms with Gasteiger partial charge in [0.2, 0.25) is 0 Å². The van der Waals surface area contributed by atoms with Crippen LogP contribution in [0.3, 0.4) is 0 Å². The number of rotatable bonds is 10. The highest BCUT2D eigenvalue weighted by molar-refractivity contribution is 7.84. The molecule has 0 aliphatic heterocycles. The smallest absolute Gasteiger partial charge is 0.200 e. The summed E-state index contributed by atoms with van der Waals surface area (Å²) < 4.78 is 44.5. The third-order valence-electron chi connectivity index (χ3n) is 9.35. The average molecular weight is 761 g/mol. The molecule has 0 aliphatic rings. The molecule has 2 aromatic carbocycles. The molecule has 8 rings (SSSR count). The molecule has 0 saturated carbocycles. The number of hydrogen-bond acceptors (Lipinski definition) is 8. The second kappa shape index (κ2) is 15.6. The van der Waals surface area contributed by atoms with Gasteiger partial charge in [-0.1, -0.05) is 0 Å². The minimum absolute atomic E-state index is 0.296. The molecule has 12 nitrogen and oxygen atoms in total. The molecule has 6 heterocycles. The van der Waals surface area contributed by atoms with Gasteiger partial charge in [-0.2, -0.15) is 0 Å². The van der Waals surface area contributed by atoms with Crippen molar-refractivity contribution in [1.82, 2.24) is 38.2 Å². The first-order valence-corrected chi connectivity index (χ1v) is 19.7. The zero-order valence-corrected chi connectivity index (χ0v) is 32.5. The van der Waals surface area contributed by atoms with Crippen LogP contribution in [0, 0.1) is 13.8 Å². The van der Waals surface area contributed by atoms with Crippen LogP contribution < -0.4 is 9.47 Å². The van der Waals surface area contributed by atoms with E-state index in [1.807, 2.05) is 126 Å². The summed E-state index contributed by atoms with van der Waals surface area (Å²) in [6.45, 7) is 3.85. The molecular formula is C40H40N8O4S2. The SMILES string of the molecule is COc1ccnc(CS(=O)c2nc3cc(-n4cccc4)ccc3n2C)c1C.COc1ccnc(CS(=O)c2nc3ccc(-n4cccc4)cc3n2C)c1C. The fraction of sp³-hybridized carbons (Fsp3) is 0.200. The van der Waals surface area contributed by atoms with E-state index in [1.54, 1.807) is 38.7 Å². The van der Waals surface area contributed by atoms with Crippen LogP contribution in [0.25, 0.3) is 33.4 Å². The fourth-order valence-electron chi connectivity index (χ4n) is 6.29. The lowest BCUT2D eigenvalue weighted by molar-refractivity contribution is 0.410. The standard InChI is InChI=1S/2C20H20N4O2S/c1-14-17(21-9-8-19(14)26-3)13-27(25)20-22-16-12-15(24-10-4-5-11-24)6-7-18(16)23(20)2;1-14-17(21-9-8-19(14)26-3)13-27(25)20-22-16-7-6-15(12-18(16)23(20)2)24-10-4-5-11-24/h2*4-12H,13H2,1-3H3. The van der Waals surface area contributed by atoms with Gasteiger partial charge in [-0.15, -0.1) is 0 Å². The zero-order valence-electron chi connectivity index (χ0n) is 30.8. The number of hydrogen-bond donors (Lipinski definition) is 0. The van der Waals surface area contributed by atoms with Crippen molar-refractivity contribution in [3.8, 4) is 22.9 Å². The van der Waals surface area contributed by atoms with Gasteiger partial charge in [0.05, 0.1) is 80.8 Å². The van der Waals surface area contributed by atoms with Crippen molar-refractivity contribution in [2.24, 2.45) is 14.1 Å². The van der Waals surface area contributed by atoms with Crippen molar-refractivity contribution >= 4 is 43.7 Å². The zero-order chi connectivity index (χ0) is 37.9. The fourth-order valence-corrected chi connectivity index (χ4v) is 8.84. The normalized spacial score (nSPS) is 12.4. The minimum Gasteiger partial charge on any atom is -0.496 e. The van der Waals surface area contributed by atoms with E-state index in [0.717, 1.165) is 67.5 Å². The van der Waals surface area contributed by atoms with Crippen molar-refractivity contribution in [3.05, 3.63) is 132 Å². The second-order valence-electron chi connectivity index (χ2n) is 12.6. The largest absolute Gasteiger partial charge is 0.496 e. The van der Waals surface area contributed by atoms with E-state index in [2.05, 4.69) is 26.0 Å². The third kappa shape index (κ3) is 7.22. The first-order chi connectivity index (χ1) is 26.2. The molecule has 0 fully saturated rings.